The van der Waals surface area contributed by atoms with E-state index in [0.717, 1.165) is 30.0 Å². The number of nitrogens with zero attached hydrogens (tertiary/aromatic N) is 2. The molecule has 0 saturated carbocycles. The second kappa shape index (κ2) is 4.41. The molecule has 2 aromatic rings. The molecule has 1 aromatic carbocycles. The van der Waals surface area contributed by atoms with Crippen LogP contribution in [-0.4, -0.2) is 29.0 Å². The highest BCUT2D eigenvalue weighted by Gasteiger charge is 2.27. The van der Waals surface area contributed by atoms with Gasteiger partial charge in [-0.2, -0.15) is 5.10 Å². The minimum absolute atomic E-state index is 0.0452. The summed E-state index contributed by atoms with van der Waals surface area (Å²) in [6.45, 7) is 1.01. The van der Waals surface area contributed by atoms with Crippen LogP contribution in [0.5, 0.6) is 11.5 Å². The third kappa shape index (κ3) is 1.81. The molecule has 0 radical (unpaired) electrons. The van der Waals surface area contributed by atoms with Crippen molar-refractivity contribution in [1.82, 2.24) is 9.78 Å². The van der Waals surface area contributed by atoms with Crippen molar-refractivity contribution in [2.75, 3.05) is 18.7 Å². The number of primary amides is 1. The predicted octanol–water partition coefficient (Wildman–Crippen LogP) is 1.12. The molecule has 1 aromatic heterocycles. The Kier molecular flexibility index (Phi) is 2.53. The predicted molar refractivity (Wildman–Crippen MR) is 74.6 cm³/mol. The van der Waals surface area contributed by atoms with Crippen LogP contribution < -0.4 is 20.5 Å². The van der Waals surface area contributed by atoms with Crippen molar-refractivity contribution in [2.24, 2.45) is 5.73 Å². The van der Waals surface area contributed by atoms with Gasteiger partial charge in [-0.15, -0.1) is 0 Å². The van der Waals surface area contributed by atoms with Crippen molar-refractivity contribution < 1.29 is 14.3 Å². The van der Waals surface area contributed by atoms with Crippen LogP contribution in [0, 0.1) is 0 Å². The fourth-order valence-corrected chi connectivity index (χ4v) is 2.83. The zero-order valence-electron chi connectivity index (χ0n) is 11.2. The summed E-state index contributed by atoms with van der Waals surface area (Å²) in [6.07, 6.45) is 2.38. The van der Waals surface area contributed by atoms with E-state index >= 15 is 0 Å². The molecular weight excluding hydrogens is 272 g/mol. The Morgan fingerprint density at radius 1 is 1.38 bits per heavy atom. The molecule has 0 fully saturated rings. The van der Waals surface area contributed by atoms with E-state index in [1.165, 1.54) is 6.20 Å². The molecule has 0 bridgehead atoms. The zero-order chi connectivity index (χ0) is 14.4. The molecule has 108 valence electrons. The Bertz CT molecular complexity index is 725. The van der Waals surface area contributed by atoms with E-state index in [9.17, 15) is 4.79 Å². The van der Waals surface area contributed by atoms with Gasteiger partial charge in [-0.3, -0.25) is 4.79 Å². The molecular formula is C14H14N4O3. The summed E-state index contributed by atoms with van der Waals surface area (Å²) in [4.78, 5) is 11.4. The van der Waals surface area contributed by atoms with Crippen LogP contribution in [-0.2, 0) is 0 Å². The minimum Gasteiger partial charge on any atom is -0.454 e. The van der Waals surface area contributed by atoms with E-state index in [0.29, 0.717) is 11.4 Å². The number of hydrogen-bond donors (Lipinski definition) is 2. The Balaban J connectivity index is 1.76. The number of amides is 1. The molecule has 0 saturated heterocycles. The molecule has 4 rings (SSSR count). The van der Waals surface area contributed by atoms with Crippen molar-refractivity contribution in [2.45, 2.75) is 12.5 Å². The van der Waals surface area contributed by atoms with E-state index in [1.54, 1.807) is 4.68 Å². The molecule has 2 aliphatic heterocycles. The molecule has 1 amide bonds. The quantitative estimate of drug-likeness (QED) is 0.863. The van der Waals surface area contributed by atoms with Crippen molar-refractivity contribution in [3.63, 3.8) is 0 Å². The monoisotopic (exact) mass is 286 g/mol. The number of ether oxygens (including phenoxy) is 2. The maximum atomic E-state index is 11.4. The molecule has 0 aliphatic carbocycles. The first-order valence-corrected chi connectivity index (χ1v) is 6.75. The first kappa shape index (κ1) is 12.1. The second-order valence-electron chi connectivity index (χ2n) is 5.06. The summed E-state index contributed by atoms with van der Waals surface area (Å²) in [5, 5.41) is 7.50. The summed E-state index contributed by atoms with van der Waals surface area (Å²) >= 11 is 0. The number of fused-ring (bicyclic) bond motifs is 2. The lowest BCUT2D eigenvalue weighted by molar-refractivity contribution is 0.100. The average molecular weight is 286 g/mol. The highest BCUT2D eigenvalue weighted by molar-refractivity contribution is 5.97. The van der Waals surface area contributed by atoms with E-state index in [-0.39, 0.29) is 12.8 Å². The number of anilines is 1. The molecule has 1 atom stereocenters. The number of benzene rings is 1. The summed E-state index contributed by atoms with van der Waals surface area (Å²) in [6, 6.07) is 5.91. The first-order chi connectivity index (χ1) is 10.2. The zero-order valence-corrected chi connectivity index (χ0v) is 11.2. The molecule has 7 nitrogen and oxygen atoms in total. The van der Waals surface area contributed by atoms with Gasteiger partial charge in [0.25, 0.3) is 5.91 Å². The fourth-order valence-electron chi connectivity index (χ4n) is 2.83. The van der Waals surface area contributed by atoms with Crippen LogP contribution in [0.2, 0.25) is 0 Å². The number of nitrogens with one attached hydrogen (secondary N) is 1. The van der Waals surface area contributed by atoms with Gasteiger partial charge in [-0.1, -0.05) is 6.07 Å². The maximum absolute atomic E-state index is 11.4. The van der Waals surface area contributed by atoms with Gasteiger partial charge in [0.2, 0.25) is 6.79 Å². The van der Waals surface area contributed by atoms with Crippen molar-refractivity contribution in [3.05, 3.63) is 35.5 Å². The van der Waals surface area contributed by atoms with Crippen molar-refractivity contribution in [1.29, 1.82) is 0 Å². The third-order valence-corrected chi connectivity index (χ3v) is 3.85. The summed E-state index contributed by atoms with van der Waals surface area (Å²) in [5.74, 6) is 1.70. The highest BCUT2D eigenvalue weighted by atomic mass is 16.7. The van der Waals surface area contributed by atoms with Crippen molar-refractivity contribution in [3.8, 4) is 11.5 Å². The number of carbonyl (C=O) groups is 1. The Morgan fingerprint density at radius 3 is 3.10 bits per heavy atom. The normalized spacial score (nSPS) is 19.0. The highest BCUT2D eigenvalue weighted by Crippen LogP contribution is 2.37. The number of nitrogens with two attached hydrogens (primary N) is 1. The summed E-state index contributed by atoms with van der Waals surface area (Å²) in [7, 11) is 0. The van der Waals surface area contributed by atoms with Gasteiger partial charge in [0.05, 0.1) is 12.2 Å². The molecule has 3 heterocycles. The topological polar surface area (TPSA) is 91.4 Å². The smallest absolute Gasteiger partial charge is 0.254 e. The molecule has 3 N–H and O–H groups in total. The van der Waals surface area contributed by atoms with Crippen LogP contribution in [0.25, 0.3) is 0 Å². The summed E-state index contributed by atoms with van der Waals surface area (Å²) < 4.78 is 12.6. The van der Waals surface area contributed by atoms with E-state index in [1.807, 2.05) is 18.2 Å². The van der Waals surface area contributed by atoms with Crippen LogP contribution in [0.4, 0.5) is 5.82 Å². The van der Waals surface area contributed by atoms with Gasteiger partial charge < -0.3 is 20.5 Å². The molecule has 21 heavy (non-hydrogen) atoms. The van der Waals surface area contributed by atoms with Gasteiger partial charge in [0, 0.05) is 6.54 Å². The van der Waals surface area contributed by atoms with E-state index in [4.69, 9.17) is 15.2 Å². The van der Waals surface area contributed by atoms with Gasteiger partial charge in [0.15, 0.2) is 11.5 Å². The number of hydrogen-bond acceptors (Lipinski definition) is 5. The molecule has 7 heteroatoms. The Hall–Kier alpha value is -2.70. The van der Waals surface area contributed by atoms with E-state index in [2.05, 4.69) is 10.4 Å². The lowest BCUT2D eigenvalue weighted by atomic mass is 10.0. The second-order valence-corrected chi connectivity index (χ2v) is 5.06. The third-order valence-electron chi connectivity index (χ3n) is 3.85. The standard InChI is InChI=1S/C14H14N4O3/c15-13(19)9-6-17-18-10(3-4-16-14(9)18)8-1-2-11-12(5-8)21-7-20-11/h1-2,5-6,10,16H,3-4,7H2,(H2,15,19). The number of aromatic nitrogens is 2. The van der Waals surface area contributed by atoms with Crippen LogP contribution >= 0.6 is 0 Å². The van der Waals surface area contributed by atoms with E-state index < -0.39 is 5.91 Å². The SMILES string of the molecule is NC(=O)c1cnn2c1NCCC2c1ccc2c(c1)OCO2. The fraction of sp³-hybridized carbons (Fsp3) is 0.286. The van der Waals surface area contributed by atoms with Crippen LogP contribution in [0.3, 0.4) is 0 Å². The Labute approximate surface area is 120 Å². The van der Waals surface area contributed by atoms with Crippen LogP contribution in [0.1, 0.15) is 28.4 Å². The lowest BCUT2D eigenvalue weighted by Crippen LogP contribution is -2.26. The van der Waals surface area contributed by atoms with Gasteiger partial charge in [-0.05, 0) is 24.1 Å². The number of rotatable bonds is 2. The molecule has 0 spiro atoms. The van der Waals surface area contributed by atoms with Gasteiger partial charge >= 0.3 is 0 Å². The van der Waals surface area contributed by atoms with Crippen LogP contribution in [0.15, 0.2) is 24.4 Å². The molecule has 2 aliphatic rings. The van der Waals surface area contributed by atoms with Gasteiger partial charge in [0.1, 0.15) is 11.4 Å². The van der Waals surface area contributed by atoms with Gasteiger partial charge in [-0.25, -0.2) is 4.68 Å². The summed E-state index contributed by atoms with van der Waals surface area (Å²) in [5.41, 5.74) is 6.86. The number of carbonyl (C=O) groups excluding carboxylic acids is 1. The molecule has 1 unspecified atom stereocenters. The first-order valence-electron chi connectivity index (χ1n) is 6.75. The lowest BCUT2D eigenvalue weighted by Gasteiger charge is -2.26. The minimum atomic E-state index is -0.477. The average Bonchev–Trinajstić information content (AvgIpc) is 3.12. The Morgan fingerprint density at radius 2 is 2.24 bits per heavy atom. The maximum Gasteiger partial charge on any atom is 0.254 e. The largest absolute Gasteiger partial charge is 0.454 e. The van der Waals surface area contributed by atoms with Crippen molar-refractivity contribution >= 4 is 11.7 Å².